The molecule has 0 aromatic rings. The fourth-order valence-corrected chi connectivity index (χ4v) is 2.26. The molecule has 0 saturated heterocycles. The van der Waals surface area contributed by atoms with Crippen LogP contribution < -0.4 is 0 Å². The van der Waals surface area contributed by atoms with Crippen molar-refractivity contribution in [2.75, 3.05) is 0 Å². The second kappa shape index (κ2) is 3.87. The van der Waals surface area contributed by atoms with Crippen LogP contribution in [0.2, 0.25) is 0 Å². The Morgan fingerprint density at radius 1 is 1.00 bits per heavy atom. The lowest BCUT2D eigenvalue weighted by atomic mass is 9.73. The molecule has 0 amide bonds. The van der Waals surface area contributed by atoms with Crippen LogP contribution in [0.15, 0.2) is 9.98 Å². The molecule has 14 heavy (non-hydrogen) atoms. The summed E-state index contributed by atoms with van der Waals surface area (Å²) in [7, 11) is 0. The Kier molecular flexibility index (Phi) is 3.00. The molecule has 0 bridgehead atoms. The SMILES string of the molecule is CC1(N=C=O)CCCC(C)(N=C=O)C1. The van der Waals surface area contributed by atoms with Crippen LogP contribution in [0.4, 0.5) is 0 Å². The van der Waals surface area contributed by atoms with E-state index in [4.69, 9.17) is 0 Å². The highest BCUT2D eigenvalue weighted by Gasteiger charge is 2.39. The van der Waals surface area contributed by atoms with Crippen molar-refractivity contribution in [2.45, 2.75) is 50.6 Å². The second-order valence-corrected chi connectivity index (χ2v) is 4.43. The summed E-state index contributed by atoms with van der Waals surface area (Å²) in [6.45, 7) is 3.80. The van der Waals surface area contributed by atoms with Gasteiger partial charge < -0.3 is 0 Å². The maximum absolute atomic E-state index is 10.2. The molecule has 4 nitrogen and oxygen atoms in total. The lowest BCUT2D eigenvalue weighted by Gasteiger charge is -2.37. The van der Waals surface area contributed by atoms with E-state index in [1.807, 2.05) is 13.8 Å². The van der Waals surface area contributed by atoms with E-state index in [0.29, 0.717) is 6.42 Å². The van der Waals surface area contributed by atoms with Gasteiger partial charge in [0, 0.05) is 0 Å². The molecule has 0 N–H and O–H groups in total. The number of aliphatic imine (C=N–C) groups is 2. The minimum absolute atomic E-state index is 0.408. The van der Waals surface area contributed by atoms with E-state index >= 15 is 0 Å². The molecule has 0 heterocycles. The molecule has 2 atom stereocenters. The normalized spacial score (nSPS) is 36.7. The summed E-state index contributed by atoms with van der Waals surface area (Å²) < 4.78 is 0. The van der Waals surface area contributed by atoms with Gasteiger partial charge in [0.2, 0.25) is 12.2 Å². The molecule has 0 aromatic carbocycles. The van der Waals surface area contributed by atoms with Crippen molar-refractivity contribution in [3.63, 3.8) is 0 Å². The summed E-state index contributed by atoms with van der Waals surface area (Å²) in [5, 5.41) is 0. The van der Waals surface area contributed by atoms with E-state index in [0.717, 1.165) is 19.3 Å². The molecular formula is C10H14N2O2. The van der Waals surface area contributed by atoms with Crippen molar-refractivity contribution in [1.29, 1.82) is 0 Å². The predicted octanol–water partition coefficient (Wildman–Crippen LogP) is 1.75. The number of isocyanates is 2. The molecule has 1 rings (SSSR count). The van der Waals surface area contributed by atoms with Gasteiger partial charge >= 0.3 is 0 Å². The van der Waals surface area contributed by atoms with Gasteiger partial charge in [0.25, 0.3) is 0 Å². The molecule has 2 unspecified atom stereocenters. The summed E-state index contributed by atoms with van der Waals surface area (Å²) in [6.07, 6.45) is 6.43. The standard InChI is InChI=1S/C10H14N2O2/c1-9(11-7-13)4-3-5-10(2,6-9)12-8-14/h3-6H2,1-2H3. The van der Waals surface area contributed by atoms with Gasteiger partial charge in [-0.25, -0.2) is 9.59 Å². The zero-order valence-corrected chi connectivity index (χ0v) is 8.54. The largest absolute Gasteiger partial charge is 0.235 e. The molecule has 0 spiro atoms. The van der Waals surface area contributed by atoms with Crippen molar-refractivity contribution >= 4 is 12.2 Å². The predicted molar refractivity (Wildman–Crippen MR) is 51.5 cm³/mol. The average Bonchev–Trinajstić information content (AvgIpc) is 2.02. The first-order valence-corrected chi connectivity index (χ1v) is 4.72. The zero-order chi connectivity index (χ0) is 10.7. The van der Waals surface area contributed by atoms with Crippen LogP contribution >= 0.6 is 0 Å². The minimum atomic E-state index is -0.408. The van der Waals surface area contributed by atoms with Gasteiger partial charge in [0.05, 0.1) is 11.1 Å². The quantitative estimate of drug-likeness (QED) is 0.496. The van der Waals surface area contributed by atoms with Crippen molar-refractivity contribution < 1.29 is 9.59 Å². The van der Waals surface area contributed by atoms with E-state index in [-0.39, 0.29) is 0 Å². The number of carbonyl (C=O) groups excluding carboxylic acids is 2. The minimum Gasteiger partial charge on any atom is -0.211 e. The summed E-state index contributed by atoms with van der Waals surface area (Å²) in [5.74, 6) is 0. The molecular weight excluding hydrogens is 180 g/mol. The fourth-order valence-electron chi connectivity index (χ4n) is 2.26. The Labute approximate surface area is 83.1 Å². The average molecular weight is 194 g/mol. The molecule has 4 heteroatoms. The molecule has 1 aliphatic rings. The maximum Gasteiger partial charge on any atom is 0.235 e. The Morgan fingerprint density at radius 2 is 1.43 bits per heavy atom. The van der Waals surface area contributed by atoms with E-state index in [9.17, 15) is 9.59 Å². The van der Waals surface area contributed by atoms with Crippen LogP contribution in [0, 0.1) is 0 Å². The third-order valence-corrected chi connectivity index (χ3v) is 2.82. The molecule has 1 aliphatic carbocycles. The summed E-state index contributed by atoms with van der Waals surface area (Å²) >= 11 is 0. The highest BCUT2D eigenvalue weighted by Crippen LogP contribution is 2.39. The zero-order valence-electron chi connectivity index (χ0n) is 8.54. The van der Waals surface area contributed by atoms with Crippen molar-refractivity contribution in [3.8, 4) is 0 Å². The number of rotatable bonds is 2. The first kappa shape index (κ1) is 10.8. The summed E-state index contributed by atoms with van der Waals surface area (Å²) in [5.41, 5.74) is -0.815. The van der Waals surface area contributed by atoms with Gasteiger partial charge in [-0.3, -0.25) is 0 Å². The Balaban J connectivity index is 2.87. The highest BCUT2D eigenvalue weighted by atomic mass is 16.1. The lowest BCUT2D eigenvalue weighted by Crippen LogP contribution is -2.39. The summed E-state index contributed by atoms with van der Waals surface area (Å²) in [4.78, 5) is 28.1. The monoisotopic (exact) mass is 194 g/mol. The molecule has 1 saturated carbocycles. The van der Waals surface area contributed by atoms with E-state index in [1.165, 1.54) is 0 Å². The van der Waals surface area contributed by atoms with Crippen molar-refractivity contribution in [1.82, 2.24) is 0 Å². The van der Waals surface area contributed by atoms with E-state index < -0.39 is 11.1 Å². The van der Waals surface area contributed by atoms with Gasteiger partial charge in [0.1, 0.15) is 0 Å². The molecule has 0 aliphatic heterocycles. The van der Waals surface area contributed by atoms with Gasteiger partial charge in [-0.2, -0.15) is 9.98 Å². The second-order valence-electron chi connectivity index (χ2n) is 4.43. The molecule has 1 fully saturated rings. The van der Waals surface area contributed by atoms with Crippen LogP contribution in [-0.4, -0.2) is 23.2 Å². The Hall–Kier alpha value is -1.24. The van der Waals surface area contributed by atoms with Crippen molar-refractivity contribution in [3.05, 3.63) is 0 Å². The number of hydrogen-bond acceptors (Lipinski definition) is 4. The van der Waals surface area contributed by atoms with Gasteiger partial charge in [-0.05, 0) is 39.5 Å². The number of hydrogen-bond donors (Lipinski definition) is 0. The molecule has 0 radical (unpaired) electrons. The van der Waals surface area contributed by atoms with Gasteiger partial charge in [-0.15, -0.1) is 0 Å². The van der Waals surface area contributed by atoms with Crippen LogP contribution in [0.5, 0.6) is 0 Å². The third-order valence-electron chi connectivity index (χ3n) is 2.82. The Morgan fingerprint density at radius 3 is 1.79 bits per heavy atom. The van der Waals surface area contributed by atoms with E-state index in [2.05, 4.69) is 9.98 Å². The first-order chi connectivity index (χ1) is 6.54. The summed E-state index contributed by atoms with van der Waals surface area (Å²) in [6, 6.07) is 0. The van der Waals surface area contributed by atoms with Crippen LogP contribution in [-0.2, 0) is 9.59 Å². The molecule has 76 valence electrons. The van der Waals surface area contributed by atoms with E-state index in [1.54, 1.807) is 12.2 Å². The fraction of sp³-hybridized carbons (Fsp3) is 0.800. The third kappa shape index (κ3) is 2.38. The number of nitrogens with zero attached hydrogens (tertiary/aromatic N) is 2. The lowest BCUT2D eigenvalue weighted by molar-refractivity contribution is 0.223. The first-order valence-electron chi connectivity index (χ1n) is 4.72. The van der Waals surface area contributed by atoms with Gasteiger partial charge in [0.15, 0.2) is 0 Å². The Bertz CT molecular complexity index is 286. The van der Waals surface area contributed by atoms with Crippen LogP contribution in [0.1, 0.15) is 39.5 Å². The maximum atomic E-state index is 10.2. The van der Waals surface area contributed by atoms with Crippen LogP contribution in [0.3, 0.4) is 0 Å². The molecule has 0 aromatic heterocycles. The topological polar surface area (TPSA) is 58.9 Å². The van der Waals surface area contributed by atoms with Crippen LogP contribution in [0.25, 0.3) is 0 Å². The highest BCUT2D eigenvalue weighted by molar-refractivity contribution is 5.37. The van der Waals surface area contributed by atoms with Gasteiger partial charge in [-0.1, -0.05) is 0 Å². The van der Waals surface area contributed by atoms with Crippen molar-refractivity contribution in [2.24, 2.45) is 9.98 Å². The smallest absolute Gasteiger partial charge is 0.211 e.